The smallest absolute Gasteiger partial charge is 0.234 e. The summed E-state index contributed by atoms with van der Waals surface area (Å²) < 4.78 is 0. The van der Waals surface area contributed by atoms with Crippen molar-refractivity contribution < 1.29 is 4.79 Å². The maximum Gasteiger partial charge on any atom is 0.234 e. The van der Waals surface area contributed by atoms with E-state index in [1.807, 2.05) is 63.2 Å². The van der Waals surface area contributed by atoms with Crippen LogP contribution in [0.5, 0.6) is 0 Å². The Morgan fingerprint density at radius 2 is 1.76 bits per heavy atom. The van der Waals surface area contributed by atoms with Crippen LogP contribution in [-0.4, -0.2) is 21.6 Å². The first kappa shape index (κ1) is 21.1. The lowest BCUT2D eigenvalue weighted by molar-refractivity contribution is -0.113. The SMILES string of the molecule is CCc1nc(SCC(=O)Nc2c(C)cccc2C)nc(N)c1-c1ccc(Cl)cc1. The van der Waals surface area contributed by atoms with Crippen LogP contribution < -0.4 is 11.1 Å². The van der Waals surface area contributed by atoms with E-state index in [1.54, 1.807) is 0 Å². The molecule has 0 aliphatic carbocycles. The van der Waals surface area contributed by atoms with E-state index < -0.39 is 0 Å². The molecule has 0 radical (unpaired) electrons. The summed E-state index contributed by atoms with van der Waals surface area (Å²) in [5.74, 6) is 0.502. The first-order valence-electron chi connectivity index (χ1n) is 9.30. The number of nitrogen functional groups attached to an aromatic ring is 1. The van der Waals surface area contributed by atoms with Gasteiger partial charge in [-0.25, -0.2) is 9.97 Å². The molecule has 0 unspecified atom stereocenters. The van der Waals surface area contributed by atoms with E-state index in [1.165, 1.54) is 11.8 Å². The summed E-state index contributed by atoms with van der Waals surface area (Å²) in [7, 11) is 0. The zero-order chi connectivity index (χ0) is 21.0. The second-order valence-electron chi connectivity index (χ2n) is 6.68. The predicted molar refractivity (Wildman–Crippen MR) is 122 cm³/mol. The maximum atomic E-state index is 12.4. The Balaban J connectivity index is 1.75. The molecule has 0 spiro atoms. The molecular weight excluding hydrogens is 404 g/mol. The van der Waals surface area contributed by atoms with Gasteiger partial charge in [-0.05, 0) is 49.1 Å². The van der Waals surface area contributed by atoms with Crippen LogP contribution in [0.25, 0.3) is 11.1 Å². The monoisotopic (exact) mass is 426 g/mol. The number of nitrogens with one attached hydrogen (secondary N) is 1. The van der Waals surface area contributed by atoms with Gasteiger partial charge in [0.05, 0.1) is 11.4 Å². The minimum Gasteiger partial charge on any atom is -0.383 e. The number of aromatic nitrogens is 2. The molecule has 1 heterocycles. The Morgan fingerprint density at radius 3 is 2.38 bits per heavy atom. The fourth-order valence-electron chi connectivity index (χ4n) is 3.07. The number of amides is 1. The summed E-state index contributed by atoms with van der Waals surface area (Å²) in [6, 6.07) is 13.4. The van der Waals surface area contributed by atoms with E-state index in [9.17, 15) is 4.79 Å². The normalized spacial score (nSPS) is 10.8. The lowest BCUT2D eigenvalue weighted by atomic mass is 10.0. The minimum absolute atomic E-state index is 0.102. The van der Waals surface area contributed by atoms with Crippen molar-refractivity contribution in [3.8, 4) is 11.1 Å². The summed E-state index contributed by atoms with van der Waals surface area (Å²) in [6.07, 6.45) is 0.701. The quantitative estimate of drug-likeness (QED) is 0.413. The summed E-state index contributed by atoms with van der Waals surface area (Å²) in [5.41, 5.74) is 11.7. The van der Waals surface area contributed by atoms with E-state index in [0.717, 1.165) is 33.6 Å². The molecule has 3 aromatic rings. The van der Waals surface area contributed by atoms with Crippen molar-refractivity contribution in [3.05, 3.63) is 64.3 Å². The molecule has 0 bridgehead atoms. The van der Waals surface area contributed by atoms with E-state index in [0.29, 0.717) is 22.4 Å². The Kier molecular flexibility index (Phi) is 6.77. The van der Waals surface area contributed by atoms with Crippen LogP contribution in [-0.2, 0) is 11.2 Å². The number of thioether (sulfide) groups is 1. The molecule has 5 nitrogen and oxygen atoms in total. The fourth-order valence-corrected chi connectivity index (χ4v) is 3.87. The number of rotatable bonds is 6. The summed E-state index contributed by atoms with van der Waals surface area (Å²) in [5, 5.41) is 4.13. The molecule has 7 heteroatoms. The van der Waals surface area contributed by atoms with Gasteiger partial charge in [0.15, 0.2) is 5.16 Å². The molecule has 0 saturated heterocycles. The summed E-state index contributed by atoms with van der Waals surface area (Å²) in [6.45, 7) is 5.97. The molecule has 0 fully saturated rings. The van der Waals surface area contributed by atoms with Gasteiger partial charge in [0, 0.05) is 16.3 Å². The number of aryl methyl sites for hydroxylation is 3. The molecule has 0 atom stereocenters. The van der Waals surface area contributed by atoms with Crippen molar-refractivity contribution >= 4 is 40.8 Å². The highest BCUT2D eigenvalue weighted by Gasteiger charge is 2.15. The first-order chi connectivity index (χ1) is 13.9. The molecule has 1 amide bonds. The first-order valence-corrected chi connectivity index (χ1v) is 10.7. The zero-order valence-electron chi connectivity index (χ0n) is 16.6. The van der Waals surface area contributed by atoms with Gasteiger partial charge in [-0.3, -0.25) is 4.79 Å². The number of benzene rings is 2. The Morgan fingerprint density at radius 1 is 1.10 bits per heavy atom. The highest BCUT2D eigenvalue weighted by atomic mass is 35.5. The van der Waals surface area contributed by atoms with Gasteiger partial charge >= 0.3 is 0 Å². The topological polar surface area (TPSA) is 80.9 Å². The van der Waals surface area contributed by atoms with Crippen molar-refractivity contribution in [2.24, 2.45) is 0 Å². The molecule has 29 heavy (non-hydrogen) atoms. The predicted octanol–water partition coefficient (Wildman–Crippen LogP) is 5.29. The Bertz CT molecular complexity index is 1020. The van der Waals surface area contributed by atoms with Crippen molar-refractivity contribution in [1.82, 2.24) is 9.97 Å². The number of hydrogen-bond acceptors (Lipinski definition) is 5. The lowest BCUT2D eigenvalue weighted by Gasteiger charge is -2.13. The van der Waals surface area contributed by atoms with Crippen LogP contribution in [0.3, 0.4) is 0 Å². The molecule has 2 aromatic carbocycles. The van der Waals surface area contributed by atoms with Crippen molar-refractivity contribution in [2.75, 3.05) is 16.8 Å². The van der Waals surface area contributed by atoms with E-state index >= 15 is 0 Å². The molecule has 3 N–H and O–H groups in total. The van der Waals surface area contributed by atoms with E-state index in [2.05, 4.69) is 15.3 Å². The van der Waals surface area contributed by atoms with Crippen LogP contribution in [0.2, 0.25) is 5.02 Å². The number of para-hydroxylation sites is 1. The van der Waals surface area contributed by atoms with Gasteiger partial charge in [0.25, 0.3) is 0 Å². The molecule has 0 aliphatic rings. The van der Waals surface area contributed by atoms with Crippen LogP contribution in [0.1, 0.15) is 23.7 Å². The van der Waals surface area contributed by atoms with Gasteiger partial charge < -0.3 is 11.1 Å². The molecule has 0 saturated carbocycles. The molecule has 3 rings (SSSR count). The molecular formula is C22H23ClN4OS. The minimum atomic E-state index is -0.102. The Hall–Kier alpha value is -2.57. The number of hydrogen-bond donors (Lipinski definition) is 2. The maximum absolute atomic E-state index is 12.4. The lowest BCUT2D eigenvalue weighted by Crippen LogP contribution is -2.16. The Labute approximate surface area is 180 Å². The van der Waals surface area contributed by atoms with E-state index in [4.69, 9.17) is 17.3 Å². The number of anilines is 2. The molecule has 1 aromatic heterocycles. The third-order valence-electron chi connectivity index (χ3n) is 4.54. The fraction of sp³-hybridized carbons (Fsp3) is 0.227. The van der Waals surface area contributed by atoms with Gasteiger partial charge in [-0.2, -0.15) is 0 Å². The highest BCUT2D eigenvalue weighted by Crippen LogP contribution is 2.31. The molecule has 0 aliphatic heterocycles. The third-order valence-corrected chi connectivity index (χ3v) is 5.64. The number of nitrogens with two attached hydrogens (primary N) is 1. The van der Waals surface area contributed by atoms with Crippen LogP contribution >= 0.6 is 23.4 Å². The van der Waals surface area contributed by atoms with Crippen LogP contribution in [0.4, 0.5) is 11.5 Å². The molecule has 150 valence electrons. The van der Waals surface area contributed by atoms with Crippen molar-refractivity contribution in [1.29, 1.82) is 0 Å². The number of carbonyl (C=O) groups excluding carboxylic acids is 1. The largest absolute Gasteiger partial charge is 0.383 e. The number of halogens is 1. The van der Waals surface area contributed by atoms with Gasteiger partial charge in [0.1, 0.15) is 5.82 Å². The van der Waals surface area contributed by atoms with Crippen molar-refractivity contribution in [3.63, 3.8) is 0 Å². The highest BCUT2D eigenvalue weighted by molar-refractivity contribution is 7.99. The van der Waals surface area contributed by atoms with Crippen molar-refractivity contribution in [2.45, 2.75) is 32.3 Å². The van der Waals surface area contributed by atoms with Gasteiger partial charge in [-0.1, -0.05) is 60.6 Å². The number of carbonyl (C=O) groups is 1. The third kappa shape index (κ3) is 5.08. The average molecular weight is 427 g/mol. The second-order valence-corrected chi connectivity index (χ2v) is 8.06. The number of nitrogens with zero attached hydrogens (tertiary/aromatic N) is 2. The summed E-state index contributed by atoms with van der Waals surface area (Å²) >= 11 is 7.26. The van der Waals surface area contributed by atoms with E-state index in [-0.39, 0.29) is 11.7 Å². The van der Waals surface area contributed by atoms with Gasteiger partial charge in [0.2, 0.25) is 5.91 Å². The van der Waals surface area contributed by atoms with Crippen LogP contribution in [0, 0.1) is 13.8 Å². The summed E-state index contributed by atoms with van der Waals surface area (Å²) in [4.78, 5) is 21.5. The van der Waals surface area contributed by atoms with Gasteiger partial charge in [-0.15, -0.1) is 0 Å². The zero-order valence-corrected chi connectivity index (χ0v) is 18.2. The average Bonchev–Trinajstić information content (AvgIpc) is 2.70. The second kappa shape index (κ2) is 9.29. The standard InChI is InChI=1S/C22H23ClN4OS/c1-4-17-19(15-8-10-16(23)11-9-15)21(24)27-22(25-17)29-12-18(28)26-20-13(2)6-5-7-14(20)3/h5-11H,4,12H2,1-3H3,(H,26,28)(H2,24,25,27). The van der Waals surface area contributed by atoms with Crippen LogP contribution in [0.15, 0.2) is 47.6 Å².